The molecular weight excluding hydrogens is 342 g/mol. The van der Waals surface area contributed by atoms with Crippen LogP contribution in [0.3, 0.4) is 0 Å². The molecule has 0 bridgehead atoms. The van der Waals surface area contributed by atoms with E-state index in [-0.39, 0.29) is 18.2 Å². The van der Waals surface area contributed by atoms with E-state index < -0.39 is 11.6 Å². The number of hydrogen-bond donors (Lipinski definition) is 3. The molecule has 140 valence electrons. The van der Waals surface area contributed by atoms with Crippen molar-refractivity contribution in [2.75, 3.05) is 13.2 Å². The monoisotopic (exact) mass is 365 g/mol. The molecule has 1 fully saturated rings. The Kier molecular flexibility index (Phi) is 4.72. The summed E-state index contributed by atoms with van der Waals surface area (Å²) in [5.41, 5.74) is 2.95. The second kappa shape index (κ2) is 7.18. The second-order valence-corrected chi connectivity index (χ2v) is 7.24. The molecule has 2 aromatic carbocycles. The van der Waals surface area contributed by atoms with E-state index in [2.05, 4.69) is 23.5 Å². The van der Waals surface area contributed by atoms with Crippen molar-refractivity contribution in [3.05, 3.63) is 71.3 Å². The van der Waals surface area contributed by atoms with Crippen molar-refractivity contribution >= 4 is 11.5 Å². The Hall–Kier alpha value is -2.63. The Labute approximate surface area is 158 Å². The number of aromatic hydroxyl groups is 1. The van der Waals surface area contributed by atoms with Gasteiger partial charge in [0.1, 0.15) is 11.4 Å². The molecule has 0 radical (unpaired) electrons. The Morgan fingerprint density at radius 3 is 2.81 bits per heavy atom. The summed E-state index contributed by atoms with van der Waals surface area (Å²) in [5.74, 6) is -0.739. The summed E-state index contributed by atoms with van der Waals surface area (Å²) in [6.07, 6.45) is 3.97. The quantitative estimate of drug-likeness (QED) is 0.775. The van der Waals surface area contributed by atoms with Crippen LogP contribution in [0, 0.1) is 0 Å². The molecule has 4 rings (SSSR count). The van der Waals surface area contributed by atoms with Gasteiger partial charge in [0.25, 0.3) is 0 Å². The summed E-state index contributed by atoms with van der Waals surface area (Å²) >= 11 is 0. The maximum atomic E-state index is 11.0. The molecule has 0 aliphatic carbocycles. The SMILES string of the molecule is O=C(O)Cc1ccc(O)c(C2=CC3(CCCNC3c3ccccc3)OC2)c1. The van der Waals surface area contributed by atoms with Crippen LogP contribution in [0.25, 0.3) is 5.57 Å². The van der Waals surface area contributed by atoms with Crippen LogP contribution in [0.4, 0.5) is 0 Å². The molecule has 1 saturated heterocycles. The van der Waals surface area contributed by atoms with Gasteiger partial charge in [0.15, 0.2) is 0 Å². The van der Waals surface area contributed by atoms with Crippen molar-refractivity contribution in [1.29, 1.82) is 0 Å². The molecule has 2 aliphatic rings. The first-order valence-corrected chi connectivity index (χ1v) is 9.25. The molecule has 1 spiro atoms. The third kappa shape index (κ3) is 3.48. The lowest BCUT2D eigenvalue weighted by Crippen LogP contribution is -2.47. The molecule has 0 saturated carbocycles. The standard InChI is InChI=1S/C22H23NO4/c24-19-8-7-15(12-20(25)26)11-18(19)17-13-22(27-14-17)9-4-10-23-21(22)16-5-2-1-3-6-16/h1-3,5-8,11,13,21,23-24H,4,9-10,12,14H2,(H,25,26). The van der Waals surface area contributed by atoms with Crippen molar-refractivity contribution < 1.29 is 19.7 Å². The molecule has 2 heterocycles. The van der Waals surface area contributed by atoms with Gasteiger partial charge in [-0.2, -0.15) is 0 Å². The predicted molar refractivity (Wildman–Crippen MR) is 103 cm³/mol. The van der Waals surface area contributed by atoms with Crippen LogP contribution in [0.5, 0.6) is 5.75 Å². The van der Waals surface area contributed by atoms with Gasteiger partial charge in [-0.3, -0.25) is 4.79 Å². The van der Waals surface area contributed by atoms with Gasteiger partial charge < -0.3 is 20.3 Å². The maximum Gasteiger partial charge on any atom is 0.307 e. The molecule has 3 N–H and O–H groups in total. The number of hydrogen-bond acceptors (Lipinski definition) is 4. The molecule has 0 aromatic heterocycles. The van der Waals surface area contributed by atoms with Crippen molar-refractivity contribution in [2.45, 2.75) is 30.9 Å². The number of piperidine rings is 1. The molecule has 2 atom stereocenters. The Morgan fingerprint density at radius 2 is 2.04 bits per heavy atom. The molecule has 2 aliphatic heterocycles. The lowest BCUT2D eigenvalue weighted by molar-refractivity contribution is -0.136. The van der Waals surface area contributed by atoms with E-state index in [1.54, 1.807) is 18.2 Å². The van der Waals surface area contributed by atoms with Crippen LogP contribution in [0.15, 0.2) is 54.6 Å². The molecular formula is C22H23NO4. The Bertz CT molecular complexity index is 877. The summed E-state index contributed by atoms with van der Waals surface area (Å²) in [6, 6.07) is 15.3. The number of carbonyl (C=O) groups is 1. The average Bonchev–Trinajstić information content (AvgIpc) is 3.08. The fraction of sp³-hybridized carbons (Fsp3) is 0.318. The first kappa shape index (κ1) is 17.8. The normalized spacial score (nSPS) is 24.7. The van der Waals surface area contributed by atoms with Gasteiger partial charge in [-0.15, -0.1) is 0 Å². The molecule has 5 nitrogen and oxygen atoms in total. The van der Waals surface area contributed by atoms with E-state index in [1.165, 1.54) is 5.56 Å². The number of carboxylic acid groups (broad SMARTS) is 1. The highest BCUT2D eigenvalue weighted by atomic mass is 16.5. The van der Waals surface area contributed by atoms with Crippen molar-refractivity contribution in [2.24, 2.45) is 0 Å². The predicted octanol–water partition coefficient (Wildman–Crippen LogP) is 3.30. The van der Waals surface area contributed by atoms with Crippen LogP contribution in [-0.2, 0) is 16.0 Å². The minimum atomic E-state index is -0.889. The summed E-state index contributed by atoms with van der Waals surface area (Å²) in [6.45, 7) is 1.34. The van der Waals surface area contributed by atoms with E-state index in [1.807, 2.05) is 18.2 Å². The summed E-state index contributed by atoms with van der Waals surface area (Å²) in [5, 5.41) is 23.0. The molecule has 2 unspecified atom stereocenters. The first-order chi connectivity index (χ1) is 13.1. The van der Waals surface area contributed by atoms with Crippen LogP contribution < -0.4 is 5.32 Å². The zero-order valence-electron chi connectivity index (χ0n) is 15.0. The largest absolute Gasteiger partial charge is 0.507 e. The Morgan fingerprint density at radius 1 is 1.22 bits per heavy atom. The number of benzene rings is 2. The zero-order chi connectivity index (χ0) is 18.9. The molecule has 5 heteroatoms. The smallest absolute Gasteiger partial charge is 0.307 e. The fourth-order valence-electron chi connectivity index (χ4n) is 4.16. The lowest BCUT2D eigenvalue weighted by atomic mass is 9.81. The van der Waals surface area contributed by atoms with Crippen molar-refractivity contribution in [3.8, 4) is 5.75 Å². The van der Waals surface area contributed by atoms with Gasteiger partial charge >= 0.3 is 5.97 Å². The topological polar surface area (TPSA) is 78.8 Å². The second-order valence-electron chi connectivity index (χ2n) is 7.24. The highest BCUT2D eigenvalue weighted by Gasteiger charge is 2.44. The zero-order valence-corrected chi connectivity index (χ0v) is 15.0. The van der Waals surface area contributed by atoms with E-state index >= 15 is 0 Å². The van der Waals surface area contributed by atoms with E-state index in [0.29, 0.717) is 17.7 Å². The number of phenolic OH excluding ortho intramolecular Hbond substituents is 1. The molecule has 27 heavy (non-hydrogen) atoms. The molecule has 2 aromatic rings. The summed E-state index contributed by atoms with van der Waals surface area (Å²) < 4.78 is 6.31. The fourth-order valence-corrected chi connectivity index (χ4v) is 4.16. The number of aliphatic carboxylic acids is 1. The van der Waals surface area contributed by atoms with E-state index in [4.69, 9.17) is 9.84 Å². The van der Waals surface area contributed by atoms with Crippen molar-refractivity contribution in [1.82, 2.24) is 5.32 Å². The van der Waals surface area contributed by atoms with Crippen LogP contribution in [0.1, 0.15) is 35.6 Å². The minimum absolute atomic E-state index is 0.0503. The summed E-state index contributed by atoms with van der Waals surface area (Å²) in [4.78, 5) is 11.0. The third-order valence-electron chi connectivity index (χ3n) is 5.39. The number of nitrogens with one attached hydrogen (secondary N) is 1. The van der Waals surface area contributed by atoms with Crippen LogP contribution in [0.2, 0.25) is 0 Å². The maximum absolute atomic E-state index is 11.0. The number of rotatable bonds is 4. The van der Waals surface area contributed by atoms with E-state index in [0.717, 1.165) is 25.0 Å². The van der Waals surface area contributed by atoms with Gasteiger partial charge in [0.2, 0.25) is 0 Å². The lowest BCUT2D eigenvalue weighted by Gasteiger charge is -2.40. The van der Waals surface area contributed by atoms with Crippen LogP contribution in [-0.4, -0.2) is 34.9 Å². The number of ether oxygens (including phenoxy) is 1. The number of carboxylic acids is 1. The number of phenols is 1. The minimum Gasteiger partial charge on any atom is -0.507 e. The van der Waals surface area contributed by atoms with Gasteiger partial charge in [-0.1, -0.05) is 36.4 Å². The van der Waals surface area contributed by atoms with Crippen LogP contribution >= 0.6 is 0 Å². The van der Waals surface area contributed by atoms with Gasteiger partial charge in [-0.25, -0.2) is 0 Å². The van der Waals surface area contributed by atoms with Crippen molar-refractivity contribution in [3.63, 3.8) is 0 Å². The third-order valence-corrected chi connectivity index (χ3v) is 5.39. The van der Waals surface area contributed by atoms with Gasteiger partial charge in [0, 0.05) is 5.56 Å². The molecule has 0 amide bonds. The van der Waals surface area contributed by atoms with Gasteiger partial charge in [-0.05, 0) is 54.3 Å². The first-order valence-electron chi connectivity index (χ1n) is 9.25. The van der Waals surface area contributed by atoms with Gasteiger partial charge in [0.05, 0.1) is 19.1 Å². The van der Waals surface area contributed by atoms with E-state index in [9.17, 15) is 9.90 Å². The summed E-state index contributed by atoms with van der Waals surface area (Å²) in [7, 11) is 0. The Balaban J connectivity index is 1.70. The average molecular weight is 365 g/mol. The highest BCUT2D eigenvalue weighted by Crippen LogP contribution is 2.45. The highest BCUT2D eigenvalue weighted by molar-refractivity contribution is 5.76.